The molecule has 1 aromatic carbocycles. The molecule has 0 saturated carbocycles. The Morgan fingerprint density at radius 1 is 1.33 bits per heavy atom. The third-order valence-electron chi connectivity index (χ3n) is 2.22. The van der Waals surface area contributed by atoms with E-state index in [0.717, 1.165) is 0 Å². The van der Waals surface area contributed by atoms with Crippen LogP contribution in [0.15, 0.2) is 18.2 Å². The van der Waals surface area contributed by atoms with E-state index in [9.17, 15) is 14.0 Å². The smallest absolute Gasteiger partial charge is 0.321 e. The maximum absolute atomic E-state index is 12.8. The van der Waals surface area contributed by atoms with Crippen LogP contribution in [-0.2, 0) is 4.79 Å². The highest BCUT2D eigenvalue weighted by Crippen LogP contribution is 2.14. The maximum atomic E-state index is 12.8. The summed E-state index contributed by atoms with van der Waals surface area (Å²) in [6.07, 6.45) is 0. The molecular weight excluding hydrogens is 237 g/mol. The van der Waals surface area contributed by atoms with Crippen LogP contribution in [0, 0.1) is 12.7 Å². The molecule has 18 heavy (non-hydrogen) atoms. The Morgan fingerprint density at radius 2 is 2.06 bits per heavy atom. The average Bonchev–Trinajstić information content (AvgIpc) is 2.28. The van der Waals surface area contributed by atoms with Crippen molar-refractivity contribution in [1.29, 1.82) is 0 Å². The molecule has 0 aliphatic rings. The Balaban J connectivity index is 2.45. The van der Waals surface area contributed by atoms with E-state index in [1.165, 1.54) is 12.1 Å². The molecule has 0 fully saturated rings. The minimum absolute atomic E-state index is 0.0520. The number of aryl methyl sites for hydroxylation is 1. The van der Waals surface area contributed by atoms with Gasteiger partial charge in [0.15, 0.2) is 0 Å². The average molecular weight is 253 g/mol. The summed E-state index contributed by atoms with van der Waals surface area (Å²) in [7, 11) is 0. The lowest BCUT2D eigenvalue weighted by Crippen LogP contribution is -2.41. The second-order valence-electron chi connectivity index (χ2n) is 3.72. The summed E-state index contributed by atoms with van der Waals surface area (Å²) in [6, 6.07) is 3.69. The zero-order chi connectivity index (χ0) is 13.5. The highest BCUT2D eigenvalue weighted by atomic mass is 19.1. The van der Waals surface area contributed by atoms with E-state index in [4.69, 9.17) is 0 Å². The van der Waals surface area contributed by atoms with Gasteiger partial charge < -0.3 is 10.6 Å². The fourth-order valence-corrected chi connectivity index (χ4v) is 1.38. The van der Waals surface area contributed by atoms with Crippen molar-refractivity contribution in [3.8, 4) is 0 Å². The summed E-state index contributed by atoms with van der Waals surface area (Å²) in [5.74, 6) is -0.783. The summed E-state index contributed by atoms with van der Waals surface area (Å²) in [5.41, 5.74) is 1.35. The Hall–Kier alpha value is -2.11. The predicted octanol–water partition coefficient (Wildman–Crippen LogP) is 1.39. The first-order valence-corrected chi connectivity index (χ1v) is 5.60. The third kappa shape index (κ3) is 4.40. The third-order valence-corrected chi connectivity index (χ3v) is 2.22. The molecule has 5 nitrogen and oxygen atoms in total. The zero-order valence-corrected chi connectivity index (χ0v) is 10.3. The van der Waals surface area contributed by atoms with Crippen molar-refractivity contribution >= 4 is 17.6 Å². The van der Waals surface area contributed by atoms with E-state index in [0.29, 0.717) is 17.8 Å². The van der Waals surface area contributed by atoms with Gasteiger partial charge in [0.1, 0.15) is 5.82 Å². The number of halogens is 1. The Labute approximate surface area is 105 Å². The molecule has 0 aliphatic carbocycles. The number of carbonyl (C=O) groups excluding carboxylic acids is 2. The molecular formula is C12H16FN3O2. The number of amides is 3. The van der Waals surface area contributed by atoms with E-state index in [1.807, 2.05) is 0 Å². The molecule has 0 atom stereocenters. The molecule has 0 saturated heterocycles. The Bertz CT molecular complexity index is 449. The molecule has 1 aromatic rings. The Morgan fingerprint density at radius 3 is 2.67 bits per heavy atom. The first-order chi connectivity index (χ1) is 8.52. The van der Waals surface area contributed by atoms with E-state index in [2.05, 4.69) is 16.0 Å². The van der Waals surface area contributed by atoms with Gasteiger partial charge in [0, 0.05) is 12.2 Å². The number of urea groups is 1. The SMILES string of the molecule is CCNC(=O)NC(=O)CNc1ccc(F)cc1C. The first-order valence-electron chi connectivity index (χ1n) is 5.60. The lowest BCUT2D eigenvalue weighted by molar-refractivity contribution is -0.118. The monoisotopic (exact) mass is 253 g/mol. The second kappa shape index (κ2) is 6.58. The van der Waals surface area contributed by atoms with Crippen molar-refractivity contribution in [1.82, 2.24) is 10.6 Å². The summed E-state index contributed by atoms with van der Waals surface area (Å²) >= 11 is 0. The molecule has 0 unspecified atom stereocenters. The van der Waals surface area contributed by atoms with E-state index >= 15 is 0 Å². The van der Waals surface area contributed by atoms with Crippen molar-refractivity contribution in [3.05, 3.63) is 29.6 Å². The molecule has 1 rings (SSSR count). The summed E-state index contributed by atoms with van der Waals surface area (Å²) in [4.78, 5) is 22.4. The lowest BCUT2D eigenvalue weighted by Gasteiger charge is -2.09. The van der Waals surface area contributed by atoms with Crippen LogP contribution < -0.4 is 16.0 Å². The van der Waals surface area contributed by atoms with Crippen molar-refractivity contribution in [2.45, 2.75) is 13.8 Å². The molecule has 0 radical (unpaired) electrons. The van der Waals surface area contributed by atoms with Gasteiger partial charge in [-0.05, 0) is 37.6 Å². The highest BCUT2D eigenvalue weighted by molar-refractivity contribution is 5.96. The first kappa shape index (κ1) is 14.0. The molecule has 3 amide bonds. The van der Waals surface area contributed by atoms with Gasteiger partial charge in [0.2, 0.25) is 5.91 Å². The van der Waals surface area contributed by atoms with Crippen LogP contribution in [0.25, 0.3) is 0 Å². The predicted molar refractivity (Wildman–Crippen MR) is 66.8 cm³/mol. The van der Waals surface area contributed by atoms with Crippen LogP contribution in [0.3, 0.4) is 0 Å². The second-order valence-corrected chi connectivity index (χ2v) is 3.72. The number of imide groups is 1. The van der Waals surface area contributed by atoms with Gasteiger partial charge in [0.05, 0.1) is 6.54 Å². The van der Waals surface area contributed by atoms with Crippen molar-refractivity contribution < 1.29 is 14.0 Å². The van der Waals surface area contributed by atoms with E-state index < -0.39 is 11.9 Å². The number of benzene rings is 1. The molecule has 6 heteroatoms. The van der Waals surface area contributed by atoms with E-state index in [1.54, 1.807) is 19.9 Å². The number of hydrogen-bond donors (Lipinski definition) is 3. The largest absolute Gasteiger partial charge is 0.376 e. The topological polar surface area (TPSA) is 70.2 Å². The number of anilines is 1. The minimum atomic E-state index is -0.528. The molecule has 0 heterocycles. The van der Waals surface area contributed by atoms with Gasteiger partial charge in [-0.15, -0.1) is 0 Å². The van der Waals surface area contributed by atoms with Gasteiger partial charge in [-0.1, -0.05) is 0 Å². The maximum Gasteiger partial charge on any atom is 0.321 e. The molecule has 98 valence electrons. The number of carbonyl (C=O) groups is 2. The van der Waals surface area contributed by atoms with Crippen LogP contribution in [0.4, 0.5) is 14.9 Å². The van der Waals surface area contributed by atoms with Crippen molar-refractivity contribution in [2.24, 2.45) is 0 Å². The molecule has 0 spiro atoms. The van der Waals surface area contributed by atoms with E-state index in [-0.39, 0.29) is 12.4 Å². The highest BCUT2D eigenvalue weighted by Gasteiger charge is 2.07. The molecule has 0 aromatic heterocycles. The fraction of sp³-hybridized carbons (Fsp3) is 0.333. The van der Waals surface area contributed by atoms with Crippen molar-refractivity contribution in [3.63, 3.8) is 0 Å². The van der Waals surface area contributed by atoms with Gasteiger partial charge in [-0.3, -0.25) is 10.1 Å². The normalized spacial score (nSPS) is 9.72. The summed E-state index contributed by atoms with van der Waals surface area (Å²) < 4.78 is 12.8. The van der Waals surface area contributed by atoms with Gasteiger partial charge in [-0.2, -0.15) is 0 Å². The number of rotatable bonds is 4. The quantitative estimate of drug-likeness (QED) is 0.759. The summed E-state index contributed by atoms with van der Waals surface area (Å²) in [5, 5.41) is 7.43. The minimum Gasteiger partial charge on any atom is -0.376 e. The lowest BCUT2D eigenvalue weighted by atomic mass is 10.2. The number of hydrogen-bond acceptors (Lipinski definition) is 3. The Kier molecular flexibility index (Phi) is 5.10. The molecule has 0 aliphatic heterocycles. The number of nitrogens with one attached hydrogen (secondary N) is 3. The van der Waals surface area contributed by atoms with Gasteiger partial charge in [0.25, 0.3) is 0 Å². The van der Waals surface area contributed by atoms with Gasteiger partial charge in [-0.25, -0.2) is 9.18 Å². The standard InChI is InChI=1S/C12H16FN3O2/c1-3-14-12(18)16-11(17)7-15-10-5-4-9(13)6-8(10)2/h4-6,15H,3,7H2,1-2H3,(H2,14,16,17,18). The van der Waals surface area contributed by atoms with Crippen LogP contribution in [0.5, 0.6) is 0 Å². The van der Waals surface area contributed by atoms with Gasteiger partial charge >= 0.3 is 6.03 Å². The van der Waals surface area contributed by atoms with Crippen LogP contribution in [-0.4, -0.2) is 25.0 Å². The fourth-order valence-electron chi connectivity index (χ4n) is 1.38. The van der Waals surface area contributed by atoms with Crippen LogP contribution >= 0.6 is 0 Å². The molecule has 0 bridgehead atoms. The summed E-state index contributed by atoms with van der Waals surface area (Å²) in [6.45, 7) is 3.88. The van der Waals surface area contributed by atoms with Crippen molar-refractivity contribution in [2.75, 3.05) is 18.4 Å². The van der Waals surface area contributed by atoms with Crippen LogP contribution in [0.2, 0.25) is 0 Å². The molecule has 3 N–H and O–H groups in total. The van der Waals surface area contributed by atoms with Crippen LogP contribution in [0.1, 0.15) is 12.5 Å². The zero-order valence-electron chi connectivity index (χ0n) is 10.3.